The van der Waals surface area contributed by atoms with E-state index in [-0.39, 0.29) is 6.10 Å². The average Bonchev–Trinajstić information content (AvgIpc) is 2.26. The standard InChI is InChI=1S/C12H19NO2/c1-4-5-11(15-3)12(14)10-7-6-9(2)13-8-10/h6-8,11-12,14H,4-5H2,1-3H3. The molecule has 1 aromatic heterocycles. The molecule has 2 atom stereocenters. The second-order valence-electron chi connectivity index (χ2n) is 3.74. The summed E-state index contributed by atoms with van der Waals surface area (Å²) in [4.78, 5) is 4.16. The second kappa shape index (κ2) is 5.83. The van der Waals surface area contributed by atoms with Crippen LogP contribution in [0.1, 0.15) is 37.1 Å². The van der Waals surface area contributed by atoms with E-state index >= 15 is 0 Å². The molecule has 2 unspecified atom stereocenters. The molecule has 1 N–H and O–H groups in total. The van der Waals surface area contributed by atoms with E-state index in [0.717, 1.165) is 24.1 Å². The maximum Gasteiger partial charge on any atom is 0.107 e. The Hall–Kier alpha value is -0.930. The van der Waals surface area contributed by atoms with Gasteiger partial charge in [-0.2, -0.15) is 0 Å². The van der Waals surface area contributed by atoms with Gasteiger partial charge in [-0.25, -0.2) is 0 Å². The Balaban J connectivity index is 2.73. The van der Waals surface area contributed by atoms with Gasteiger partial charge in [0.15, 0.2) is 0 Å². The molecule has 0 spiro atoms. The predicted molar refractivity (Wildman–Crippen MR) is 59.6 cm³/mol. The van der Waals surface area contributed by atoms with Crippen LogP contribution in [0.5, 0.6) is 0 Å². The molecule has 1 heterocycles. The molecule has 0 radical (unpaired) electrons. The maximum absolute atomic E-state index is 10.0. The van der Waals surface area contributed by atoms with Gasteiger partial charge in [-0.15, -0.1) is 0 Å². The lowest BCUT2D eigenvalue weighted by molar-refractivity contribution is -0.0181. The monoisotopic (exact) mass is 209 g/mol. The number of pyridine rings is 1. The van der Waals surface area contributed by atoms with Gasteiger partial charge < -0.3 is 9.84 Å². The van der Waals surface area contributed by atoms with Crippen molar-refractivity contribution in [2.75, 3.05) is 7.11 Å². The Kier molecular flexibility index (Phi) is 4.72. The van der Waals surface area contributed by atoms with Crippen LogP contribution in [-0.4, -0.2) is 23.3 Å². The fourth-order valence-electron chi connectivity index (χ4n) is 1.56. The lowest BCUT2D eigenvalue weighted by Gasteiger charge is -2.21. The highest BCUT2D eigenvalue weighted by Gasteiger charge is 2.19. The molecule has 15 heavy (non-hydrogen) atoms. The fraction of sp³-hybridized carbons (Fsp3) is 0.583. The molecule has 0 aliphatic rings. The maximum atomic E-state index is 10.0. The highest BCUT2D eigenvalue weighted by molar-refractivity contribution is 5.16. The van der Waals surface area contributed by atoms with Crippen LogP contribution < -0.4 is 0 Å². The van der Waals surface area contributed by atoms with E-state index in [2.05, 4.69) is 11.9 Å². The Morgan fingerprint density at radius 3 is 2.67 bits per heavy atom. The number of ether oxygens (including phenoxy) is 1. The summed E-state index contributed by atoms with van der Waals surface area (Å²) in [5, 5.41) is 10.0. The number of aliphatic hydroxyl groups is 1. The van der Waals surface area contributed by atoms with Gasteiger partial charge in [-0.1, -0.05) is 19.4 Å². The minimum Gasteiger partial charge on any atom is -0.386 e. The fourth-order valence-corrected chi connectivity index (χ4v) is 1.56. The first-order valence-corrected chi connectivity index (χ1v) is 5.32. The van der Waals surface area contributed by atoms with Crippen molar-refractivity contribution in [3.63, 3.8) is 0 Å². The molecule has 3 heteroatoms. The third-order valence-corrected chi connectivity index (χ3v) is 2.50. The van der Waals surface area contributed by atoms with E-state index in [1.165, 1.54) is 0 Å². The van der Waals surface area contributed by atoms with E-state index < -0.39 is 6.10 Å². The Bertz CT molecular complexity index is 284. The first-order chi connectivity index (χ1) is 7.19. The molecular formula is C12H19NO2. The Morgan fingerprint density at radius 1 is 1.47 bits per heavy atom. The Morgan fingerprint density at radius 2 is 2.20 bits per heavy atom. The predicted octanol–water partition coefficient (Wildman–Crippen LogP) is 2.24. The number of rotatable bonds is 5. The van der Waals surface area contributed by atoms with Gasteiger partial charge in [-0.05, 0) is 19.4 Å². The van der Waals surface area contributed by atoms with Gasteiger partial charge in [0.1, 0.15) is 6.10 Å². The quantitative estimate of drug-likeness (QED) is 0.808. The molecule has 1 rings (SSSR count). The van der Waals surface area contributed by atoms with Crippen molar-refractivity contribution >= 4 is 0 Å². The van der Waals surface area contributed by atoms with Crippen molar-refractivity contribution in [1.29, 1.82) is 0 Å². The van der Waals surface area contributed by atoms with Crippen molar-refractivity contribution in [3.8, 4) is 0 Å². The van der Waals surface area contributed by atoms with E-state index in [4.69, 9.17) is 4.74 Å². The van der Waals surface area contributed by atoms with Gasteiger partial charge in [0, 0.05) is 24.6 Å². The molecule has 84 valence electrons. The molecule has 0 aliphatic heterocycles. The summed E-state index contributed by atoms with van der Waals surface area (Å²) in [6.07, 6.45) is 2.84. The van der Waals surface area contributed by atoms with Crippen LogP contribution >= 0.6 is 0 Å². The van der Waals surface area contributed by atoms with Gasteiger partial charge in [-0.3, -0.25) is 4.98 Å². The van der Waals surface area contributed by atoms with E-state index in [1.54, 1.807) is 13.3 Å². The van der Waals surface area contributed by atoms with Crippen LogP contribution in [0.15, 0.2) is 18.3 Å². The van der Waals surface area contributed by atoms with Crippen molar-refractivity contribution in [3.05, 3.63) is 29.6 Å². The largest absolute Gasteiger partial charge is 0.386 e. The number of aliphatic hydroxyl groups excluding tert-OH is 1. The number of aromatic nitrogens is 1. The Labute approximate surface area is 91.1 Å². The summed E-state index contributed by atoms with van der Waals surface area (Å²) >= 11 is 0. The van der Waals surface area contributed by atoms with Gasteiger partial charge in [0.05, 0.1) is 6.10 Å². The van der Waals surface area contributed by atoms with Crippen LogP contribution in [0.3, 0.4) is 0 Å². The van der Waals surface area contributed by atoms with E-state index in [1.807, 2.05) is 19.1 Å². The molecule has 0 saturated heterocycles. The van der Waals surface area contributed by atoms with Crippen LogP contribution in [0, 0.1) is 6.92 Å². The number of methoxy groups -OCH3 is 1. The smallest absolute Gasteiger partial charge is 0.107 e. The van der Waals surface area contributed by atoms with Crippen LogP contribution in [0.4, 0.5) is 0 Å². The molecule has 0 fully saturated rings. The van der Waals surface area contributed by atoms with Crippen molar-refractivity contribution in [1.82, 2.24) is 4.98 Å². The number of aryl methyl sites for hydroxylation is 1. The minimum absolute atomic E-state index is 0.139. The molecule has 0 aliphatic carbocycles. The first-order valence-electron chi connectivity index (χ1n) is 5.32. The number of hydrogen-bond donors (Lipinski definition) is 1. The van der Waals surface area contributed by atoms with Crippen LogP contribution in [-0.2, 0) is 4.74 Å². The minimum atomic E-state index is -0.581. The lowest BCUT2D eigenvalue weighted by atomic mass is 10.0. The average molecular weight is 209 g/mol. The molecule has 0 bridgehead atoms. The molecule has 1 aromatic rings. The second-order valence-corrected chi connectivity index (χ2v) is 3.74. The number of hydrogen-bond acceptors (Lipinski definition) is 3. The summed E-state index contributed by atoms with van der Waals surface area (Å²) in [5.41, 5.74) is 1.77. The normalized spacial score (nSPS) is 14.9. The van der Waals surface area contributed by atoms with Crippen molar-refractivity contribution in [2.24, 2.45) is 0 Å². The zero-order chi connectivity index (χ0) is 11.3. The summed E-state index contributed by atoms with van der Waals surface area (Å²) in [6, 6.07) is 3.80. The summed E-state index contributed by atoms with van der Waals surface area (Å²) < 4.78 is 5.26. The van der Waals surface area contributed by atoms with Crippen molar-refractivity contribution in [2.45, 2.75) is 38.9 Å². The van der Waals surface area contributed by atoms with Crippen molar-refractivity contribution < 1.29 is 9.84 Å². The lowest BCUT2D eigenvalue weighted by Crippen LogP contribution is -2.20. The third kappa shape index (κ3) is 3.29. The summed E-state index contributed by atoms with van der Waals surface area (Å²) in [6.45, 7) is 4.00. The zero-order valence-corrected chi connectivity index (χ0v) is 9.60. The topological polar surface area (TPSA) is 42.4 Å². The van der Waals surface area contributed by atoms with Gasteiger partial charge in [0.2, 0.25) is 0 Å². The van der Waals surface area contributed by atoms with Gasteiger partial charge in [0.25, 0.3) is 0 Å². The first kappa shape index (κ1) is 12.1. The van der Waals surface area contributed by atoms with Crippen LogP contribution in [0.25, 0.3) is 0 Å². The molecule has 3 nitrogen and oxygen atoms in total. The highest BCUT2D eigenvalue weighted by atomic mass is 16.5. The molecule has 0 saturated carbocycles. The number of nitrogens with zero attached hydrogens (tertiary/aromatic N) is 1. The van der Waals surface area contributed by atoms with E-state index in [9.17, 15) is 5.11 Å². The zero-order valence-electron chi connectivity index (χ0n) is 9.60. The molecular weight excluding hydrogens is 190 g/mol. The highest BCUT2D eigenvalue weighted by Crippen LogP contribution is 2.21. The summed E-state index contributed by atoms with van der Waals surface area (Å²) in [7, 11) is 1.63. The molecule has 0 aromatic carbocycles. The van der Waals surface area contributed by atoms with Crippen LogP contribution in [0.2, 0.25) is 0 Å². The third-order valence-electron chi connectivity index (χ3n) is 2.50. The van der Waals surface area contributed by atoms with E-state index in [0.29, 0.717) is 0 Å². The molecule has 0 amide bonds. The van der Waals surface area contributed by atoms with Gasteiger partial charge >= 0.3 is 0 Å². The SMILES string of the molecule is CCCC(OC)C(O)c1ccc(C)nc1. The summed E-state index contributed by atoms with van der Waals surface area (Å²) in [5.74, 6) is 0.